The Bertz CT molecular complexity index is 320. The van der Waals surface area contributed by atoms with Gasteiger partial charge in [-0.2, -0.15) is 0 Å². The van der Waals surface area contributed by atoms with Crippen molar-refractivity contribution in [1.29, 1.82) is 0 Å². The maximum Gasteiger partial charge on any atom is 0.123 e. The largest absolute Gasteiger partial charge is 0.384 e. The average molecular weight is 219 g/mol. The van der Waals surface area contributed by atoms with Crippen LogP contribution in [0.4, 0.5) is 11.5 Å². The molecule has 1 aliphatic carbocycles. The summed E-state index contributed by atoms with van der Waals surface area (Å²) >= 11 is 0. The minimum atomic E-state index is 0.584. The second-order valence-corrected chi connectivity index (χ2v) is 4.68. The number of nitrogen functional groups attached to an aromatic ring is 1. The van der Waals surface area contributed by atoms with Crippen LogP contribution in [0.25, 0.3) is 0 Å². The fraction of sp³-hybridized carbons (Fsp3) is 0.615. The number of anilines is 2. The standard InChI is InChI=1S/C13H21N3/c1-2-10-5-3-4-6-12(10)16-11-7-8-13(14)15-9-11/h7-10,12,16H,2-6H2,1H3,(H2,14,15). The molecule has 1 aliphatic rings. The van der Waals surface area contributed by atoms with E-state index >= 15 is 0 Å². The lowest BCUT2D eigenvalue weighted by Crippen LogP contribution is -2.31. The molecular weight excluding hydrogens is 198 g/mol. The Kier molecular flexibility index (Phi) is 3.65. The molecule has 3 heteroatoms. The smallest absolute Gasteiger partial charge is 0.123 e. The first kappa shape index (κ1) is 11.2. The second-order valence-electron chi connectivity index (χ2n) is 4.68. The Hall–Kier alpha value is -1.25. The van der Waals surface area contributed by atoms with E-state index in [0.717, 1.165) is 11.6 Å². The summed E-state index contributed by atoms with van der Waals surface area (Å²) in [5.41, 5.74) is 6.67. The quantitative estimate of drug-likeness (QED) is 0.821. The molecule has 16 heavy (non-hydrogen) atoms. The van der Waals surface area contributed by atoms with Crippen LogP contribution >= 0.6 is 0 Å². The van der Waals surface area contributed by atoms with Crippen LogP contribution in [-0.4, -0.2) is 11.0 Å². The van der Waals surface area contributed by atoms with Gasteiger partial charge in [-0.15, -0.1) is 0 Å². The summed E-state index contributed by atoms with van der Waals surface area (Å²) in [7, 11) is 0. The third kappa shape index (κ3) is 2.65. The van der Waals surface area contributed by atoms with Gasteiger partial charge in [-0.25, -0.2) is 4.98 Å². The summed E-state index contributed by atoms with van der Waals surface area (Å²) in [5.74, 6) is 1.40. The highest BCUT2D eigenvalue weighted by atomic mass is 14.9. The number of rotatable bonds is 3. The van der Waals surface area contributed by atoms with E-state index in [1.165, 1.54) is 32.1 Å². The van der Waals surface area contributed by atoms with Crippen LogP contribution in [0, 0.1) is 5.92 Å². The minimum absolute atomic E-state index is 0.584. The molecule has 1 heterocycles. The van der Waals surface area contributed by atoms with Crippen LogP contribution in [0.3, 0.4) is 0 Å². The van der Waals surface area contributed by atoms with E-state index in [1.807, 2.05) is 18.3 Å². The van der Waals surface area contributed by atoms with E-state index in [2.05, 4.69) is 17.2 Å². The Balaban J connectivity index is 1.99. The molecule has 1 aromatic heterocycles. The number of aromatic nitrogens is 1. The molecule has 0 aromatic carbocycles. The molecule has 2 rings (SSSR count). The van der Waals surface area contributed by atoms with Gasteiger partial charge in [0.05, 0.1) is 11.9 Å². The Labute approximate surface area is 97.5 Å². The summed E-state index contributed by atoms with van der Waals surface area (Å²) in [6, 6.07) is 4.49. The van der Waals surface area contributed by atoms with E-state index in [0.29, 0.717) is 11.9 Å². The van der Waals surface area contributed by atoms with Crippen molar-refractivity contribution in [3.8, 4) is 0 Å². The van der Waals surface area contributed by atoms with Crippen LogP contribution in [0.15, 0.2) is 18.3 Å². The van der Waals surface area contributed by atoms with Crippen LogP contribution < -0.4 is 11.1 Å². The topological polar surface area (TPSA) is 50.9 Å². The van der Waals surface area contributed by atoms with E-state index in [4.69, 9.17) is 5.73 Å². The monoisotopic (exact) mass is 219 g/mol. The SMILES string of the molecule is CCC1CCCCC1Nc1ccc(N)nc1. The van der Waals surface area contributed by atoms with Crippen molar-refractivity contribution in [2.45, 2.75) is 45.1 Å². The molecular formula is C13H21N3. The minimum Gasteiger partial charge on any atom is -0.384 e. The normalized spacial score (nSPS) is 25.3. The van der Waals surface area contributed by atoms with Gasteiger partial charge in [0.2, 0.25) is 0 Å². The summed E-state index contributed by atoms with van der Waals surface area (Å²) in [5, 5.41) is 3.59. The van der Waals surface area contributed by atoms with Crippen LogP contribution in [-0.2, 0) is 0 Å². The number of nitrogens with one attached hydrogen (secondary N) is 1. The van der Waals surface area contributed by atoms with Crippen molar-refractivity contribution in [3.05, 3.63) is 18.3 Å². The molecule has 0 amide bonds. The molecule has 3 N–H and O–H groups in total. The summed E-state index contributed by atoms with van der Waals surface area (Å²) in [4.78, 5) is 4.11. The molecule has 2 atom stereocenters. The van der Waals surface area contributed by atoms with Gasteiger partial charge in [0.1, 0.15) is 5.82 Å². The van der Waals surface area contributed by atoms with Crippen molar-refractivity contribution in [2.24, 2.45) is 5.92 Å². The van der Waals surface area contributed by atoms with E-state index in [-0.39, 0.29) is 0 Å². The Morgan fingerprint density at radius 3 is 2.88 bits per heavy atom. The zero-order valence-corrected chi connectivity index (χ0v) is 9.95. The van der Waals surface area contributed by atoms with Crippen LogP contribution in [0.2, 0.25) is 0 Å². The zero-order valence-electron chi connectivity index (χ0n) is 9.95. The molecule has 1 saturated carbocycles. The molecule has 3 nitrogen and oxygen atoms in total. The zero-order chi connectivity index (χ0) is 11.4. The second kappa shape index (κ2) is 5.19. The molecule has 0 spiro atoms. The highest BCUT2D eigenvalue weighted by Gasteiger charge is 2.23. The fourth-order valence-corrected chi connectivity index (χ4v) is 2.59. The van der Waals surface area contributed by atoms with Gasteiger partial charge in [0, 0.05) is 6.04 Å². The number of nitrogens with zero attached hydrogens (tertiary/aromatic N) is 1. The van der Waals surface area contributed by atoms with Crippen LogP contribution in [0.5, 0.6) is 0 Å². The lowest BCUT2D eigenvalue weighted by atomic mass is 9.83. The van der Waals surface area contributed by atoms with E-state index in [9.17, 15) is 0 Å². The molecule has 1 aromatic rings. The van der Waals surface area contributed by atoms with Crippen molar-refractivity contribution < 1.29 is 0 Å². The molecule has 2 unspecified atom stereocenters. The number of hydrogen-bond donors (Lipinski definition) is 2. The molecule has 0 radical (unpaired) electrons. The number of hydrogen-bond acceptors (Lipinski definition) is 3. The molecule has 0 aliphatic heterocycles. The first-order valence-electron chi connectivity index (χ1n) is 6.27. The highest BCUT2D eigenvalue weighted by Crippen LogP contribution is 2.29. The Morgan fingerprint density at radius 1 is 1.38 bits per heavy atom. The summed E-state index contributed by atoms with van der Waals surface area (Å²) in [6.07, 6.45) is 8.46. The van der Waals surface area contributed by atoms with Crippen molar-refractivity contribution in [3.63, 3.8) is 0 Å². The number of pyridine rings is 1. The van der Waals surface area contributed by atoms with Gasteiger partial charge in [-0.1, -0.05) is 26.2 Å². The van der Waals surface area contributed by atoms with Gasteiger partial charge in [-0.05, 0) is 30.9 Å². The third-order valence-corrected chi connectivity index (χ3v) is 3.57. The molecule has 1 fully saturated rings. The Morgan fingerprint density at radius 2 is 2.19 bits per heavy atom. The van der Waals surface area contributed by atoms with Crippen molar-refractivity contribution in [1.82, 2.24) is 4.98 Å². The summed E-state index contributed by atoms with van der Waals surface area (Å²) < 4.78 is 0. The molecule has 88 valence electrons. The van der Waals surface area contributed by atoms with Gasteiger partial charge in [-0.3, -0.25) is 0 Å². The van der Waals surface area contributed by atoms with Crippen molar-refractivity contribution >= 4 is 11.5 Å². The maximum atomic E-state index is 5.57. The van der Waals surface area contributed by atoms with Crippen molar-refractivity contribution in [2.75, 3.05) is 11.1 Å². The lowest BCUT2D eigenvalue weighted by molar-refractivity contribution is 0.317. The average Bonchev–Trinajstić information content (AvgIpc) is 2.33. The predicted octanol–water partition coefficient (Wildman–Crippen LogP) is 3.04. The first-order valence-corrected chi connectivity index (χ1v) is 6.27. The highest BCUT2D eigenvalue weighted by molar-refractivity contribution is 5.46. The maximum absolute atomic E-state index is 5.57. The van der Waals surface area contributed by atoms with Gasteiger partial charge in [0.25, 0.3) is 0 Å². The third-order valence-electron chi connectivity index (χ3n) is 3.57. The van der Waals surface area contributed by atoms with E-state index in [1.54, 1.807) is 0 Å². The first-order chi connectivity index (χ1) is 7.79. The number of nitrogens with two attached hydrogens (primary N) is 1. The van der Waals surface area contributed by atoms with E-state index < -0.39 is 0 Å². The molecule has 0 saturated heterocycles. The van der Waals surface area contributed by atoms with Gasteiger partial charge >= 0.3 is 0 Å². The summed E-state index contributed by atoms with van der Waals surface area (Å²) in [6.45, 7) is 2.28. The van der Waals surface area contributed by atoms with Gasteiger partial charge < -0.3 is 11.1 Å². The fourth-order valence-electron chi connectivity index (χ4n) is 2.59. The predicted molar refractivity (Wildman–Crippen MR) is 68.3 cm³/mol. The van der Waals surface area contributed by atoms with Gasteiger partial charge in [0.15, 0.2) is 0 Å². The van der Waals surface area contributed by atoms with Crippen LogP contribution in [0.1, 0.15) is 39.0 Å². The lowest BCUT2D eigenvalue weighted by Gasteiger charge is -2.32. The molecule has 0 bridgehead atoms.